The van der Waals surface area contributed by atoms with Crippen LogP contribution in [0.4, 0.5) is 0 Å². The van der Waals surface area contributed by atoms with Gasteiger partial charge in [-0.3, -0.25) is 4.98 Å². The molecule has 1 N–H and O–H groups in total. The zero-order valence-corrected chi connectivity index (χ0v) is 35.7. The van der Waals surface area contributed by atoms with Gasteiger partial charge in [0.25, 0.3) is 0 Å². The Hall–Kier alpha value is -5.84. The number of pyridine rings is 1. The minimum absolute atomic E-state index is 0.0893. The molecule has 3 nitrogen and oxygen atoms in total. The van der Waals surface area contributed by atoms with Gasteiger partial charge in [0, 0.05) is 28.3 Å². The number of para-hydroxylation sites is 1. The molecule has 4 heteroatoms. The first-order chi connectivity index (χ1) is 27.6. The molecule has 290 valence electrons. The Kier molecular flexibility index (Phi) is 10.2. The number of benzene rings is 6. The van der Waals surface area contributed by atoms with Crippen LogP contribution in [-0.2, 0) is 22.7 Å². The normalized spacial score (nSPS) is 12.3. The van der Waals surface area contributed by atoms with Crippen molar-refractivity contribution in [2.75, 3.05) is 0 Å². The lowest BCUT2D eigenvalue weighted by molar-refractivity contribution is 0.446. The quantitative estimate of drug-likeness (QED) is 0.167. The van der Waals surface area contributed by atoms with Crippen LogP contribution < -0.4 is 0 Å². The molecule has 0 unspecified atom stereocenters. The number of nitrogens with zero attached hydrogens (tertiary/aromatic N) is 2. The van der Waals surface area contributed by atoms with E-state index in [-0.39, 0.29) is 16.2 Å². The molecule has 6 aromatic carbocycles. The van der Waals surface area contributed by atoms with E-state index in [0.717, 1.165) is 66.3 Å². The number of aromatic hydroxyl groups is 1. The Balaban J connectivity index is 1.22. The highest BCUT2D eigenvalue weighted by atomic mass is 32.1. The van der Waals surface area contributed by atoms with Crippen molar-refractivity contribution in [3.63, 3.8) is 0 Å². The fourth-order valence-electron chi connectivity index (χ4n) is 7.90. The molecular weight excluding hydrogens is 725 g/mol. The maximum atomic E-state index is 11.8. The maximum absolute atomic E-state index is 11.8. The van der Waals surface area contributed by atoms with Crippen molar-refractivity contribution in [1.82, 2.24) is 9.97 Å². The molecule has 0 atom stereocenters. The van der Waals surface area contributed by atoms with Crippen molar-refractivity contribution in [3.05, 3.63) is 185 Å². The van der Waals surface area contributed by atoms with E-state index in [4.69, 9.17) is 9.97 Å². The van der Waals surface area contributed by atoms with E-state index in [1.807, 2.05) is 6.20 Å². The van der Waals surface area contributed by atoms with Crippen molar-refractivity contribution in [2.45, 2.75) is 78.1 Å². The van der Waals surface area contributed by atoms with E-state index < -0.39 is 0 Å². The van der Waals surface area contributed by atoms with Gasteiger partial charge in [-0.2, -0.15) is 0 Å². The summed E-state index contributed by atoms with van der Waals surface area (Å²) >= 11 is 1.64. The van der Waals surface area contributed by atoms with E-state index in [1.165, 1.54) is 27.8 Å². The third-order valence-electron chi connectivity index (χ3n) is 11.5. The van der Waals surface area contributed by atoms with Gasteiger partial charge in [-0.15, -0.1) is 11.3 Å². The fraction of sp³-hybridized carbons (Fsp3) is 0.222. The molecule has 8 rings (SSSR count). The average Bonchev–Trinajstić information content (AvgIpc) is 3.65. The lowest BCUT2D eigenvalue weighted by Crippen LogP contribution is -2.18. The third kappa shape index (κ3) is 7.86. The number of thiazole rings is 1. The Morgan fingerprint density at radius 3 is 1.88 bits per heavy atom. The zero-order chi connectivity index (χ0) is 40.8. The number of phenolic OH excluding ortho intramolecular Hbond substituents is 1. The minimum Gasteiger partial charge on any atom is -0.507 e. The predicted octanol–water partition coefficient (Wildman–Crippen LogP) is 14.6. The van der Waals surface area contributed by atoms with Crippen LogP contribution in [0.3, 0.4) is 0 Å². The molecule has 0 aliphatic carbocycles. The van der Waals surface area contributed by atoms with Crippen LogP contribution in [0.5, 0.6) is 5.75 Å². The van der Waals surface area contributed by atoms with Crippen molar-refractivity contribution in [1.29, 1.82) is 0 Å². The number of phenols is 1. The highest BCUT2D eigenvalue weighted by Crippen LogP contribution is 2.45. The first-order valence-corrected chi connectivity index (χ1v) is 21.1. The topological polar surface area (TPSA) is 46.0 Å². The van der Waals surface area contributed by atoms with Gasteiger partial charge >= 0.3 is 0 Å². The lowest BCUT2D eigenvalue weighted by atomic mass is 9.78. The molecule has 0 fully saturated rings. The van der Waals surface area contributed by atoms with Crippen LogP contribution in [0, 0.1) is 0 Å². The standard InChI is InChI=1S/C54H52N2OS/c1-52(2,3)43-33-45(50(57)46(34-43)53(4,5)6)51-56-49-44(20-15-21-48(49)58-51)39-29-36(28-35-16-11-9-12-17-35)30-40(31-39)47-32-38(26-27-55-47)37-22-24-42(25-23-37)54(7,8)41-18-13-10-14-19-41/h9-27,29-34,57H,28H2,1-8H3. The Bertz CT molecular complexity index is 2730. The maximum Gasteiger partial charge on any atom is 0.129 e. The summed E-state index contributed by atoms with van der Waals surface area (Å²) < 4.78 is 1.08. The Morgan fingerprint density at radius 2 is 1.19 bits per heavy atom. The molecule has 0 bridgehead atoms. The summed E-state index contributed by atoms with van der Waals surface area (Å²) in [4.78, 5) is 10.3. The Morgan fingerprint density at radius 1 is 0.517 bits per heavy atom. The van der Waals surface area contributed by atoms with Crippen LogP contribution in [0.2, 0.25) is 0 Å². The van der Waals surface area contributed by atoms with Crippen molar-refractivity contribution < 1.29 is 5.11 Å². The molecule has 0 spiro atoms. The van der Waals surface area contributed by atoms with E-state index >= 15 is 0 Å². The summed E-state index contributed by atoms with van der Waals surface area (Å²) in [5.41, 5.74) is 14.9. The summed E-state index contributed by atoms with van der Waals surface area (Å²) in [6.07, 6.45) is 2.72. The van der Waals surface area contributed by atoms with Crippen LogP contribution in [0.15, 0.2) is 152 Å². The largest absolute Gasteiger partial charge is 0.507 e. The van der Waals surface area contributed by atoms with Gasteiger partial charge in [-0.05, 0) is 98.2 Å². The molecule has 0 saturated carbocycles. The van der Waals surface area contributed by atoms with Gasteiger partial charge < -0.3 is 5.11 Å². The number of fused-ring (bicyclic) bond motifs is 1. The van der Waals surface area contributed by atoms with Gasteiger partial charge in [0.15, 0.2) is 0 Å². The van der Waals surface area contributed by atoms with Crippen LogP contribution >= 0.6 is 11.3 Å². The fourth-order valence-corrected chi connectivity index (χ4v) is 8.91. The summed E-state index contributed by atoms with van der Waals surface area (Å²) in [5, 5.41) is 12.6. The Labute approximate surface area is 348 Å². The van der Waals surface area contributed by atoms with Crippen LogP contribution in [0.25, 0.3) is 54.3 Å². The van der Waals surface area contributed by atoms with Crippen LogP contribution in [-0.4, -0.2) is 15.1 Å². The average molecular weight is 777 g/mol. The van der Waals surface area contributed by atoms with Gasteiger partial charge in [0.05, 0.1) is 21.5 Å². The van der Waals surface area contributed by atoms with Crippen molar-refractivity contribution in [2.24, 2.45) is 0 Å². The predicted molar refractivity (Wildman–Crippen MR) is 246 cm³/mol. The van der Waals surface area contributed by atoms with Crippen molar-refractivity contribution >= 4 is 21.6 Å². The number of hydrogen-bond acceptors (Lipinski definition) is 4. The monoisotopic (exact) mass is 776 g/mol. The summed E-state index contributed by atoms with van der Waals surface area (Å²) in [7, 11) is 0. The molecule has 0 aliphatic heterocycles. The molecule has 0 amide bonds. The molecule has 0 aliphatic rings. The third-order valence-corrected chi connectivity index (χ3v) is 12.5. The van der Waals surface area contributed by atoms with Gasteiger partial charge in [-0.25, -0.2) is 4.98 Å². The first-order valence-electron chi connectivity index (χ1n) is 20.2. The number of aromatic nitrogens is 2. The van der Waals surface area contributed by atoms with E-state index in [9.17, 15) is 5.11 Å². The smallest absolute Gasteiger partial charge is 0.129 e. The van der Waals surface area contributed by atoms with E-state index in [2.05, 4.69) is 201 Å². The first kappa shape index (κ1) is 39.0. The lowest BCUT2D eigenvalue weighted by Gasteiger charge is -2.27. The van der Waals surface area contributed by atoms with Gasteiger partial charge in [0.2, 0.25) is 0 Å². The number of hydrogen-bond donors (Lipinski definition) is 1. The molecule has 0 radical (unpaired) electrons. The minimum atomic E-state index is -0.231. The molecule has 0 saturated heterocycles. The summed E-state index contributed by atoms with van der Waals surface area (Å²) in [5.74, 6) is 0.314. The second-order valence-corrected chi connectivity index (χ2v) is 19.2. The molecule has 58 heavy (non-hydrogen) atoms. The van der Waals surface area contributed by atoms with Crippen molar-refractivity contribution in [3.8, 4) is 49.8 Å². The summed E-state index contributed by atoms with van der Waals surface area (Å²) in [6, 6.07) is 52.2. The number of rotatable bonds is 8. The van der Waals surface area contributed by atoms with Crippen LogP contribution in [0.1, 0.15) is 88.8 Å². The summed E-state index contributed by atoms with van der Waals surface area (Å²) in [6.45, 7) is 17.7. The highest BCUT2D eigenvalue weighted by Gasteiger charge is 2.27. The van der Waals surface area contributed by atoms with E-state index in [1.54, 1.807) is 11.3 Å². The molecule has 2 aromatic heterocycles. The molecule has 8 aromatic rings. The van der Waals surface area contributed by atoms with Gasteiger partial charge in [-0.1, -0.05) is 165 Å². The van der Waals surface area contributed by atoms with Gasteiger partial charge in [0.1, 0.15) is 10.8 Å². The second kappa shape index (κ2) is 15.2. The molecular formula is C54H52N2OS. The van der Waals surface area contributed by atoms with E-state index in [0.29, 0.717) is 5.75 Å². The zero-order valence-electron chi connectivity index (χ0n) is 34.9. The second-order valence-electron chi connectivity index (χ2n) is 18.2. The SMILES string of the molecule is CC(C)(C)c1cc(-c2nc3c(-c4cc(Cc5ccccc5)cc(-c5cc(-c6ccc(C(C)(C)c7ccccc7)cc6)ccn5)c4)cccc3s2)c(O)c(C(C)(C)C)c1. The highest BCUT2D eigenvalue weighted by molar-refractivity contribution is 7.21. The molecule has 2 heterocycles.